The topological polar surface area (TPSA) is 59.0 Å². The van der Waals surface area contributed by atoms with Gasteiger partial charge in [0.15, 0.2) is 5.96 Å². The lowest BCUT2D eigenvalue weighted by atomic mass is 10.1. The summed E-state index contributed by atoms with van der Waals surface area (Å²) in [6.45, 7) is 7.68. The lowest BCUT2D eigenvalue weighted by molar-refractivity contribution is 0.0536. The summed E-state index contributed by atoms with van der Waals surface area (Å²) >= 11 is 0. The minimum absolute atomic E-state index is 0. The molecule has 0 amide bonds. The Kier molecular flexibility index (Phi) is 9.94. The van der Waals surface area contributed by atoms with E-state index in [1.807, 2.05) is 12.3 Å². The first-order valence-electron chi connectivity index (χ1n) is 9.74. The van der Waals surface area contributed by atoms with E-state index in [2.05, 4.69) is 46.4 Å². The van der Waals surface area contributed by atoms with Crippen LogP contribution < -0.4 is 5.32 Å². The molecule has 1 unspecified atom stereocenters. The number of guanidine groups is 1. The Labute approximate surface area is 184 Å². The molecule has 0 radical (unpaired) electrons. The third-order valence-corrected chi connectivity index (χ3v) is 4.82. The van der Waals surface area contributed by atoms with E-state index in [4.69, 9.17) is 14.5 Å². The molecule has 154 valence electrons. The Bertz CT molecular complexity index is 751. The highest BCUT2D eigenvalue weighted by Gasteiger charge is 2.25. The van der Waals surface area contributed by atoms with Gasteiger partial charge in [-0.2, -0.15) is 0 Å². The van der Waals surface area contributed by atoms with Crippen molar-refractivity contribution >= 4 is 40.8 Å². The fraction of sp³-hybridized carbons (Fsp3) is 0.524. The summed E-state index contributed by atoms with van der Waals surface area (Å²) < 4.78 is 10.7. The number of aromatic nitrogens is 1. The Balaban J connectivity index is 0.00000280. The van der Waals surface area contributed by atoms with Crippen molar-refractivity contribution in [3.63, 3.8) is 0 Å². The maximum Gasteiger partial charge on any atom is 0.194 e. The molecular weight excluding hydrogens is 467 g/mol. The molecule has 7 heteroatoms. The van der Waals surface area contributed by atoms with Gasteiger partial charge in [0.05, 0.1) is 31.9 Å². The highest BCUT2D eigenvalue weighted by Crippen LogP contribution is 2.19. The normalized spacial score (nSPS) is 17.0. The van der Waals surface area contributed by atoms with Gasteiger partial charge in [-0.15, -0.1) is 24.0 Å². The molecule has 0 spiro atoms. The molecule has 2 heterocycles. The molecule has 1 atom stereocenters. The van der Waals surface area contributed by atoms with Crippen LogP contribution in [0.4, 0.5) is 0 Å². The van der Waals surface area contributed by atoms with Gasteiger partial charge < -0.3 is 19.7 Å². The molecule has 1 aliphatic heterocycles. The highest BCUT2D eigenvalue weighted by atomic mass is 127. The molecule has 0 aliphatic carbocycles. The number of fused-ring (bicyclic) bond motifs is 1. The number of pyridine rings is 1. The van der Waals surface area contributed by atoms with Crippen molar-refractivity contribution in [2.24, 2.45) is 10.9 Å². The van der Waals surface area contributed by atoms with Crippen LogP contribution in [0.5, 0.6) is 0 Å². The fourth-order valence-electron chi connectivity index (χ4n) is 3.43. The van der Waals surface area contributed by atoms with Crippen LogP contribution >= 0.6 is 24.0 Å². The molecule has 2 aromatic rings. The first kappa shape index (κ1) is 22.8. The lowest BCUT2D eigenvalue weighted by Crippen LogP contribution is -2.40. The maximum atomic E-state index is 5.70. The van der Waals surface area contributed by atoms with Gasteiger partial charge in [0, 0.05) is 44.2 Å². The van der Waals surface area contributed by atoms with E-state index in [1.54, 1.807) is 7.11 Å². The minimum Gasteiger partial charge on any atom is -0.382 e. The Morgan fingerprint density at radius 2 is 2.14 bits per heavy atom. The van der Waals surface area contributed by atoms with Crippen LogP contribution in [0.15, 0.2) is 41.5 Å². The Morgan fingerprint density at radius 3 is 2.96 bits per heavy atom. The number of methoxy groups -OCH3 is 1. The minimum atomic E-state index is 0. The quantitative estimate of drug-likeness (QED) is 0.262. The SMILES string of the molecule is CCNC(=NCc1cccc2cccnc12)N1CCC(COCCOC)C1.I. The van der Waals surface area contributed by atoms with Crippen LogP contribution in [0.25, 0.3) is 10.9 Å². The van der Waals surface area contributed by atoms with Crippen molar-refractivity contribution in [2.45, 2.75) is 19.9 Å². The molecule has 1 aromatic heterocycles. The maximum absolute atomic E-state index is 5.70. The third-order valence-electron chi connectivity index (χ3n) is 4.82. The second-order valence-corrected chi connectivity index (χ2v) is 6.83. The van der Waals surface area contributed by atoms with Gasteiger partial charge in [-0.05, 0) is 25.0 Å². The van der Waals surface area contributed by atoms with Crippen molar-refractivity contribution in [2.75, 3.05) is 46.6 Å². The number of aliphatic imine (C=N–C) groups is 1. The summed E-state index contributed by atoms with van der Waals surface area (Å²) in [4.78, 5) is 11.8. The summed E-state index contributed by atoms with van der Waals surface area (Å²) in [6.07, 6.45) is 2.97. The molecule has 1 N–H and O–H groups in total. The van der Waals surface area contributed by atoms with Crippen LogP contribution in [-0.4, -0.2) is 62.4 Å². The molecule has 1 saturated heterocycles. The number of hydrogen-bond acceptors (Lipinski definition) is 4. The molecule has 1 fully saturated rings. The van der Waals surface area contributed by atoms with Crippen LogP contribution in [0.2, 0.25) is 0 Å². The van der Waals surface area contributed by atoms with E-state index in [0.29, 0.717) is 25.7 Å². The van der Waals surface area contributed by atoms with Gasteiger partial charge in [0.2, 0.25) is 0 Å². The fourth-order valence-corrected chi connectivity index (χ4v) is 3.43. The summed E-state index contributed by atoms with van der Waals surface area (Å²) in [7, 11) is 1.70. The van der Waals surface area contributed by atoms with E-state index in [-0.39, 0.29) is 24.0 Å². The average molecular weight is 498 g/mol. The summed E-state index contributed by atoms with van der Waals surface area (Å²) in [5.41, 5.74) is 2.19. The van der Waals surface area contributed by atoms with Gasteiger partial charge in [-0.1, -0.05) is 24.3 Å². The van der Waals surface area contributed by atoms with Crippen molar-refractivity contribution in [1.29, 1.82) is 0 Å². The van der Waals surface area contributed by atoms with Gasteiger partial charge in [-0.25, -0.2) is 4.99 Å². The zero-order chi connectivity index (χ0) is 18.9. The molecule has 6 nitrogen and oxygen atoms in total. The Morgan fingerprint density at radius 1 is 1.29 bits per heavy atom. The standard InChI is InChI=1S/C21H30N4O2.HI/c1-3-22-21(25-11-9-17(15-25)16-27-13-12-26-2)24-14-19-7-4-6-18-8-5-10-23-20(18)19;/h4-8,10,17H,3,9,11-16H2,1-2H3,(H,22,24);1H. The number of nitrogens with zero attached hydrogens (tertiary/aromatic N) is 3. The number of nitrogens with one attached hydrogen (secondary N) is 1. The Hall–Kier alpha value is -1.45. The predicted octanol–water partition coefficient (Wildman–Crippen LogP) is 3.30. The summed E-state index contributed by atoms with van der Waals surface area (Å²) in [5.74, 6) is 1.52. The first-order chi connectivity index (χ1) is 13.3. The van der Waals surface area contributed by atoms with Crippen LogP contribution in [0.1, 0.15) is 18.9 Å². The molecule has 0 saturated carbocycles. The molecular formula is C21H31IN4O2. The molecule has 28 heavy (non-hydrogen) atoms. The summed E-state index contributed by atoms with van der Waals surface area (Å²) in [5, 5.41) is 4.59. The number of hydrogen-bond donors (Lipinski definition) is 1. The zero-order valence-electron chi connectivity index (χ0n) is 16.8. The molecule has 0 bridgehead atoms. The third kappa shape index (κ3) is 6.28. The smallest absolute Gasteiger partial charge is 0.194 e. The molecule has 1 aromatic carbocycles. The van der Waals surface area contributed by atoms with Crippen molar-refractivity contribution in [1.82, 2.24) is 15.2 Å². The number of rotatable bonds is 8. The van der Waals surface area contributed by atoms with Gasteiger partial charge in [-0.3, -0.25) is 4.98 Å². The number of para-hydroxylation sites is 1. The van der Waals surface area contributed by atoms with E-state index in [0.717, 1.165) is 55.1 Å². The number of likely N-dealkylation sites (tertiary alicyclic amines) is 1. The van der Waals surface area contributed by atoms with Crippen LogP contribution in [0, 0.1) is 5.92 Å². The second-order valence-electron chi connectivity index (χ2n) is 6.83. The van der Waals surface area contributed by atoms with Crippen molar-refractivity contribution < 1.29 is 9.47 Å². The largest absolute Gasteiger partial charge is 0.382 e. The van der Waals surface area contributed by atoms with Crippen LogP contribution in [-0.2, 0) is 16.0 Å². The summed E-state index contributed by atoms with van der Waals surface area (Å²) in [6, 6.07) is 10.3. The van der Waals surface area contributed by atoms with Crippen molar-refractivity contribution in [3.05, 3.63) is 42.1 Å². The van der Waals surface area contributed by atoms with E-state index in [9.17, 15) is 0 Å². The van der Waals surface area contributed by atoms with E-state index in [1.165, 1.54) is 0 Å². The number of ether oxygens (including phenoxy) is 2. The van der Waals surface area contributed by atoms with Gasteiger partial charge in [0.1, 0.15) is 0 Å². The monoisotopic (exact) mass is 498 g/mol. The van der Waals surface area contributed by atoms with Gasteiger partial charge >= 0.3 is 0 Å². The highest BCUT2D eigenvalue weighted by molar-refractivity contribution is 14.0. The molecule has 3 rings (SSSR count). The second kappa shape index (κ2) is 12.2. The zero-order valence-corrected chi connectivity index (χ0v) is 19.1. The van der Waals surface area contributed by atoms with Crippen LogP contribution in [0.3, 0.4) is 0 Å². The number of benzene rings is 1. The lowest BCUT2D eigenvalue weighted by Gasteiger charge is -2.22. The number of halogens is 1. The first-order valence-corrected chi connectivity index (χ1v) is 9.74. The van der Waals surface area contributed by atoms with Crippen molar-refractivity contribution in [3.8, 4) is 0 Å². The predicted molar refractivity (Wildman–Crippen MR) is 124 cm³/mol. The molecule has 1 aliphatic rings. The van der Waals surface area contributed by atoms with Gasteiger partial charge in [0.25, 0.3) is 0 Å². The van der Waals surface area contributed by atoms with E-state index >= 15 is 0 Å². The average Bonchev–Trinajstić information content (AvgIpc) is 3.17. The van der Waals surface area contributed by atoms with E-state index < -0.39 is 0 Å².